The lowest BCUT2D eigenvalue weighted by atomic mass is 10.0. The molecule has 1 aromatic rings. The number of hydrogen-bond donors (Lipinski definition) is 2. The minimum Gasteiger partial charge on any atom is -0.383 e. The van der Waals surface area contributed by atoms with Crippen molar-refractivity contribution in [3.8, 4) is 0 Å². The SMILES string of the molecule is COCCNC1CN(Cc2ccc3c(c2)C(=O)N(C2CCC(=O)NC2=O)C3)C1. The first-order valence-corrected chi connectivity index (χ1v) is 9.76. The number of likely N-dealkylation sites (tertiary alicyclic amines) is 1. The van der Waals surface area contributed by atoms with E-state index in [1.54, 1.807) is 12.0 Å². The maximum Gasteiger partial charge on any atom is 0.255 e. The molecule has 0 aliphatic carbocycles. The van der Waals surface area contributed by atoms with Crippen LogP contribution in [0.15, 0.2) is 18.2 Å². The molecule has 0 aromatic heterocycles. The third-order valence-electron chi connectivity index (χ3n) is 5.70. The lowest BCUT2D eigenvalue weighted by Crippen LogP contribution is -2.57. The average Bonchev–Trinajstić information content (AvgIpc) is 2.96. The van der Waals surface area contributed by atoms with Crippen LogP contribution in [0.5, 0.6) is 0 Å². The minimum absolute atomic E-state index is 0.117. The molecule has 150 valence electrons. The van der Waals surface area contributed by atoms with E-state index in [1.165, 1.54) is 0 Å². The highest BCUT2D eigenvalue weighted by atomic mass is 16.5. The van der Waals surface area contributed by atoms with E-state index in [9.17, 15) is 14.4 Å². The largest absolute Gasteiger partial charge is 0.383 e. The van der Waals surface area contributed by atoms with Gasteiger partial charge in [-0.1, -0.05) is 12.1 Å². The number of nitrogens with one attached hydrogen (secondary N) is 2. The van der Waals surface area contributed by atoms with E-state index in [2.05, 4.69) is 21.6 Å². The maximum atomic E-state index is 12.9. The molecule has 0 saturated carbocycles. The van der Waals surface area contributed by atoms with Gasteiger partial charge < -0.3 is 15.0 Å². The van der Waals surface area contributed by atoms with Crippen LogP contribution in [0.3, 0.4) is 0 Å². The van der Waals surface area contributed by atoms with Gasteiger partial charge in [0.1, 0.15) is 6.04 Å². The van der Waals surface area contributed by atoms with E-state index in [-0.39, 0.29) is 24.1 Å². The highest BCUT2D eigenvalue weighted by Crippen LogP contribution is 2.28. The molecule has 4 rings (SSSR count). The summed E-state index contributed by atoms with van der Waals surface area (Å²) in [5, 5.41) is 5.78. The number of nitrogens with zero attached hydrogens (tertiary/aromatic N) is 2. The van der Waals surface area contributed by atoms with Gasteiger partial charge in [-0.25, -0.2) is 0 Å². The van der Waals surface area contributed by atoms with Crippen molar-refractivity contribution in [2.45, 2.75) is 38.0 Å². The molecule has 2 fully saturated rings. The molecule has 0 bridgehead atoms. The van der Waals surface area contributed by atoms with Crippen LogP contribution in [0.25, 0.3) is 0 Å². The van der Waals surface area contributed by atoms with Gasteiger partial charge in [0.25, 0.3) is 5.91 Å². The Labute approximate surface area is 164 Å². The third kappa shape index (κ3) is 3.80. The van der Waals surface area contributed by atoms with E-state index >= 15 is 0 Å². The number of piperidine rings is 1. The number of carbonyl (C=O) groups excluding carboxylic acids is 3. The summed E-state index contributed by atoms with van der Waals surface area (Å²) in [6, 6.07) is 5.94. The second kappa shape index (κ2) is 7.98. The Kier molecular flexibility index (Phi) is 5.43. The molecule has 0 radical (unpaired) electrons. The quantitative estimate of drug-likeness (QED) is 0.501. The predicted molar refractivity (Wildman–Crippen MR) is 101 cm³/mol. The number of imide groups is 1. The Morgan fingerprint density at radius 1 is 1.25 bits per heavy atom. The van der Waals surface area contributed by atoms with E-state index in [0.717, 1.165) is 37.3 Å². The molecule has 2 saturated heterocycles. The minimum atomic E-state index is -0.560. The molecule has 28 heavy (non-hydrogen) atoms. The molecule has 3 heterocycles. The van der Waals surface area contributed by atoms with Gasteiger partial charge in [-0.15, -0.1) is 0 Å². The van der Waals surface area contributed by atoms with Crippen LogP contribution in [0, 0.1) is 0 Å². The summed E-state index contributed by atoms with van der Waals surface area (Å²) >= 11 is 0. The average molecular weight is 386 g/mol. The molecule has 0 spiro atoms. The fourth-order valence-corrected chi connectivity index (χ4v) is 4.15. The highest BCUT2D eigenvalue weighted by molar-refractivity contribution is 6.05. The molecule has 3 aliphatic heterocycles. The Balaban J connectivity index is 1.35. The molecule has 8 heteroatoms. The normalized spacial score (nSPS) is 23.0. The van der Waals surface area contributed by atoms with Gasteiger partial charge in [0.05, 0.1) is 6.61 Å². The molecular weight excluding hydrogens is 360 g/mol. The Hall–Kier alpha value is -2.29. The Bertz CT molecular complexity index is 790. The van der Waals surface area contributed by atoms with Crippen LogP contribution in [-0.4, -0.2) is 73.0 Å². The summed E-state index contributed by atoms with van der Waals surface area (Å²) in [5.41, 5.74) is 2.73. The van der Waals surface area contributed by atoms with Crippen molar-refractivity contribution in [2.24, 2.45) is 0 Å². The molecule has 1 atom stereocenters. The number of methoxy groups -OCH3 is 1. The molecule has 2 N–H and O–H groups in total. The number of benzene rings is 1. The van der Waals surface area contributed by atoms with Gasteiger partial charge in [-0.05, 0) is 23.6 Å². The first-order valence-electron chi connectivity index (χ1n) is 9.76. The number of hydrogen-bond acceptors (Lipinski definition) is 6. The second-order valence-corrected chi connectivity index (χ2v) is 7.73. The van der Waals surface area contributed by atoms with Gasteiger partial charge in [-0.2, -0.15) is 0 Å². The number of fused-ring (bicyclic) bond motifs is 1. The molecule has 3 amide bonds. The van der Waals surface area contributed by atoms with Gasteiger partial charge in [0, 0.05) is 57.9 Å². The number of ether oxygens (including phenoxy) is 1. The summed E-state index contributed by atoms with van der Waals surface area (Å²) in [6.07, 6.45) is 0.665. The fourth-order valence-electron chi connectivity index (χ4n) is 4.15. The topological polar surface area (TPSA) is 91.0 Å². The van der Waals surface area contributed by atoms with Crippen LogP contribution < -0.4 is 10.6 Å². The van der Waals surface area contributed by atoms with Crippen molar-refractivity contribution in [3.05, 3.63) is 34.9 Å². The fraction of sp³-hybridized carbons (Fsp3) is 0.550. The summed E-state index contributed by atoms with van der Waals surface area (Å²) in [4.78, 5) is 40.3. The zero-order valence-electron chi connectivity index (χ0n) is 16.1. The van der Waals surface area contributed by atoms with Gasteiger partial charge in [0.15, 0.2) is 0 Å². The smallest absolute Gasteiger partial charge is 0.255 e. The molecular formula is C20H26N4O4. The predicted octanol–water partition coefficient (Wildman–Crippen LogP) is -0.132. The highest BCUT2D eigenvalue weighted by Gasteiger charge is 2.39. The molecule has 1 aromatic carbocycles. The van der Waals surface area contributed by atoms with Crippen LogP contribution in [-0.2, 0) is 27.4 Å². The Morgan fingerprint density at radius 3 is 2.82 bits per heavy atom. The second-order valence-electron chi connectivity index (χ2n) is 7.73. The summed E-state index contributed by atoms with van der Waals surface area (Å²) in [6.45, 7) is 4.78. The third-order valence-corrected chi connectivity index (χ3v) is 5.70. The maximum absolute atomic E-state index is 12.9. The van der Waals surface area contributed by atoms with Gasteiger partial charge in [0.2, 0.25) is 11.8 Å². The van der Waals surface area contributed by atoms with Crippen molar-refractivity contribution in [1.82, 2.24) is 20.4 Å². The molecule has 1 unspecified atom stereocenters. The van der Waals surface area contributed by atoms with Crippen LogP contribution >= 0.6 is 0 Å². The number of rotatable bonds is 7. The first-order chi connectivity index (χ1) is 13.5. The van der Waals surface area contributed by atoms with Crippen molar-refractivity contribution in [2.75, 3.05) is 33.4 Å². The van der Waals surface area contributed by atoms with E-state index in [4.69, 9.17) is 4.74 Å². The van der Waals surface area contributed by atoms with Gasteiger partial charge in [-0.3, -0.25) is 24.6 Å². The summed E-state index contributed by atoms with van der Waals surface area (Å²) in [5.74, 6) is -0.753. The van der Waals surface area contributed by atoms with Crippen molar-refractivity contribution in [3.63, 3.8) is 0 Å². The van der Waals surface area contributed by atoms with Crippen LogP contribution in [0.2, 0.25) is 0 Å². The number of carbonyl (C=O) groups is 3. The van der Waals surface area contributed by atoms with Crippen molar-refractivity contribution >= 4 is 17.7 Å². The lowest BCUT2D eigenvalue weighted by molar-refractivity contribution is -0.136. The van der Waals surface area contributed by atoms with Gasteiger partial charge >= 0.3 is 0 Å². The standard InChI is InChI=1S/C20H26N4O4/c1-28-7-6-21-15-11-23(12-15)9-13-2-3-14-10-24(20(27)16(14)8-13)17-4-5-18(25)22-19(17)26/h2-3,8,15,17,21H,4-7,9-12H2,1H3,(H,22,25,26). The molecule has 3 aliphatic rings. The Morgan fingerprint density at radius 2 is 2.07 bits per heavy atom. The van der Waals surface area contributed by atoms with E-state index in [0.29, 0.717) is 31.2 Å². The molecule has 8 nitrogen and oxygen atoms in total. The van der Waals surface area contributed by atoms with Crippen molar-refractivity contribution in [1.29, 1.82) is 0 Å². The van der Waals surface area contributed by atoms with Crippen LogP contribution in [0.1, 0.15) is 34.3 Å². The van der Waals surface area contributed by atoms with Crippen LogP contribution in [0.4, 0.5) is 0 Å². The first kappa shape index (κ1) is 19.0. The zero-order chi connectivity index (χ0) is 19.7. The lowest BCUT2D eigenvalue weighted by Gasteiger charge is -2.39. The monoisotopic (exact) mass is 386 g/mol. The zero-order valence-corrected chi connectivity index (χ0v) is 16.1. The van der Waals surface area contributed by atoms with E-state index < -0.39 is 6.04 Å². The van der Waals surface area contributed by atoms with Crippen molar-refractivity contribution < 1.29 is 19.1 Å². The summed E-state index contributed by atoms with van der Waals surface area (Å²) < 4.78 is 5.05. The summed E-state index contributed by atoms with van der Waals surface area (Å²) in [7, 11) is 1.70. The number of amides is 3. The van der Waals surface area contributed by atoms with E-state index in [1.807, 2.05) is 12.1 Å².